The van der Waals surface area contributed by atoms with Crippen LogP contribution in [0, 0.1) is 16.2 Å². The third-order valence-corrected chi connectivity index (χ3v) is 7.25. The minimum absolute atomic E-state index is 0.107. The van der Waals surface area contributed by atoms with Crippen molar-refractivity contribution >= 4 is 17.9 Å². The summed E-state index contributed by atoms with van der Waals surface area (Å²) in [6, 6.07) is 0. The molecule has 0 spiro atoms. The molecule has 1 rings (SSSR count). The summed E-state index contributed by atoms with van der Waals surface area (Å²) < 4.78 is 15.4. The first kappa shape index (κ1) is 31.1. The van der Waals surface area contributed by atoms with E-state index < -0.39 is 34.2 Å². The molecule has 0 aliphatic heterocycles. The van der Waals surface area contributed by atoms with Crippen LogP contribution < -0.4 is 0 Å². The number of carbonyl (C=O) groups is 3. The largest absolute Gasteiger partial charge is 0.502 e. The lowest BCUT2D eigenvalue weighted by Gasteiger charge is -2.51. The molecule has 1 aliphatic rings. The van der Waals surface area contributed by atoms with Crippen molar-refractivity contribution in [3.63, 3.8) is 0 Å². The van der Waals surface area contributed by atoms with Gasteiger partial charge in [0.1, 0.15) is 0 Å². The maximum atomic E-state index is 12.8. The summed E-state index contributed by atoms with van der Waals surface area (Å²) in [5.74, 6) is -3.44. The molecule has 0 aromatic heterocycles. The Morgan fingerprint density at radius 1 is 0.556 bits per heavy atom. The Kier molecular flexibility index (Phi) is 13.1. The van der Waals surface area contributed by atoms with Crippen molar-refractivity contribution < 1.29 is 43.9 Å². The van der Waals surface area contributed by atoms with Gasteiger partial charge < -0.3 is 29.5 Å². The van der Waals surface area contributed by atoms with Gasteiger partial charge in [0.15, 0.2) is 0 Å². The van der Waals surface area contributed by atoms with E-state index in [9.17, 15) is 29.7 Å². The summed E-state index contributed by atoms with van der Waals surface area (Å²) in [4.78, 5) is 38.3. The average molecular weight is 511 g/mol. The molecule has 0 radical (unpaired) electrons. The maximum absolute atomic E-state index is 12.8. The predicted molar refractivity (Wildman–Crippen MR) is 134 cm³/mol. The predicted octanol–water partition coefficient (Wildman–Crippen LogP) is 5.37. The van der Waals surface area contributed by atoms with Gasteiger partial charge in [0, 0.05) is 0 Å². The Morgan fingerprint density at radius 3 is 1.00 bits per heavy atom. The number of hydrogen-bond donors (Lipinski definition) is 3. The monoisotopic (exact) mass is 510 g/mol. The molecular formula is C27H42O9. The summed E-state index contributed by atoms with van der Waals surface area (Å²) in [6.07, 6.45) is 7.18. The van der Waals surface area contributed by atoms with E-state index in [-0.39, 0.29) is 38.5 Å². The van der Waals surface area contributed by atoms with Gasteiger partial charge in [-0.15, -0.1) is 0 Å². The highest BCUT2D eigenvalue weighted by Gasteiger charge is 2.62. The highest BCUT2D eigenvalue weighted by atomic mass is 16.5. The first-order chi connectivity index (χ1) is 17.1. The minimum Gasteiger partial charge on any atom is -0.502 e. The SMILES string of the molecule is C=COCCCCC1(C(=O)O)CC(CCCCOC=C)(C(=O)O)CC(CCCCOC=C)(C(=O)O)C1. The summed E-state index contributed by atoms with van der Waals surface area (Å²) in [5.41, 5.74) is -4.42. The zero-order valence-corrected chi connectivity index (χ0v) is 21.3. The molecule has 3 N–H and O–H groups in total. The third kappa shape index (κ3) is 8.60. The summed E-state index contributed by atoms with van der Waals surface area (Å²) in [7, 11) is 0. The highest BCUT2D eigenvalue weighted by Crippen LogP contribution is 2.60. The van der Waals surface area contributed by atoms with Crippen molar-refractivity contribution in [2.75, 3.05) is 19.8 Å². The van der Waals surface area contributed by atoms with Gasteiger partial charge in [-0.2, -0.15) is 0 Å². The van der Waals surface area contributed by atoms with Crippen molar-refractivity contribution in [2.24, 2.45) is 16.2 Å². The maximum Gasteiger partial charge on any atom is 0.309 e. The number of carboxylic acids is 3. The molecule has 1 aliphatic carbocycles. The standard InChI is InChI=1S/C27H42O9/c1-4-34-16-10-7-13-25(22(28)29)19-26(23(30)31,14-8-11-17-35-5-2)21-27(20-25,24(32)33)15-9-12-18-36-6-3/h4-6H,1-3,7-21H2,(H,28,29)(H,30,31)(H,32,33). The first-order valence-corrected chi connectivity index (χ1v) is 12.5. The fraction of sp³-hybridized carbons (Fsp3) is 0.667. The normalized spacial score (nSPS) is 25.3. The second-order valence-electron chi connectivity index (χ2n) is 9.77. The Bertz CT molecular complexity index is 652. The molecule has 0 heterocycles. The lowest BCUT2D eigenvalue weighted by atomic mass is 9.49. The molecule has 0 aromatic rings. The minimum atomic E-state index is -1.47. The van der Waals surface area contributed by atoms with E-state index in [1.54, 1.807) is 0 Å². The van der Waals surface area contributed by atoms with E-state index >= 15 is 0 Å². The Labute approximate surface area is 213 Å². The van der Waals surface area contributed by atoms with E-state index in [1.807, 2.05) is 0 Å². The molecule has 0 atom stereocenters. The van der Waals surface area contributed by atoms with Crippen molar-refractivity contribution in [2.45, 2.75) is 77.0 Å². The van der Waals surface area contributed by atoms with Gasteiger partial charge >= 0.3 is 17.9 Å². The van der Waals surface area contributed by atoms with Gasteiger partial charge in [-0.25, -0.2) is 0 Å². The first-order valence-electron chi connectivity index (χ1n) is 12.5. The molecule has 1 fully saturated rings. The molecular weight excluding hydrogens is 468 g/mol. The van der Waals surface area contributed by atoms with Crippen LogP contribution in [0.1, 0.15) is 77.0 Å². The average Bonchev–Trinajstić information content (AvgIpc) is 2.83. The molecule has 0 bridgehead atoms. The number of unbranched alkanes of at least 4 members (excludes halogenated alkanes) is 3. The number of carboxylic acid groups (broad SMARTS) is 3. The van der Waals surface area contributed by atoms with Crippen LogP contribution in [0.2, 0.25) is 0 Å². The second kappa shape index (κ2) is 15.2. The van der Waals surface area contributed by atoms with Gasteiger partial charge in [-0.3, -0.25) is 14.4 Å². The van der Waals surface area contributed by atoms with Crippen molar-refractivity contribution in [3.05, 3.63) is 38.5 Å². The smallest absolute Gasteiger partial charge is 0.309 e. The van der Waals surface area contributed by atoms with Crippen LogP contribution in [0.4, 0.5) is 0 Å². The van der Waals surface area contributed by atoms with Crippen LogP contribution in [0.15, 0.2) is 38.5 Å². The zero-order valence-electron chi connectivity index (χ0n) is 21.3. The Hall–Kier alpha value is -2.97. The molecule has 0 saturated heterocycles. The van der Waals surface area contributed by atoms with E-state index in [0.717, 1.165) is 0 Å². The molecule has 1 saturated carbocycles. The van der Waals surface area contributed by atoms with Gasteiger partial charge in [0.25, 0.3) is 0 Å². The summed E-state index contributed by atoms with van der Waals surface area (Å²) >= 11 is 0. The molecule has 9 nitrogen and oxygen atoms in total. The molecule has 9 heteroatoms. The van der Waals surface area contributed by atoms with Crippen LogP contribution in [-0.2, 0) is 28.6 Å². The number of ether oxygens (including phenoxy) is 3. The van der Waals surface area contributed by atoms with Gasteiger partial charge in [-0.05, 0) is 77.0 Å². The zero-order chi connectivity index (χ0) is 27.1. The summed E-state index contributed by atoms with van der Waals surface area (Å²) in [6.45, 7) is 11.5. The van der Waals surface area contributed by atoms with Gasteiger partial charge in [0.05, 0.1) is 54.9 Å². The van der Waals surface area contributed by atoms with Crippen LogP contribution in [-0.4, -0.2) is 53.0 Å². The van der Waals surface area contributed by atoms with Crippen molar-refractivity contribution in [1.82, 2.24) is 0 Å². The molecule has 0 aromatic carbocycles. The van der Waals surface area contributed by atoms with E-state index in [2.05, 4.69) is 19.7 Å². The molecule has 36 heavy (non-hydrogen) atoms. The van der Waals surface area contributed by atoms with Crippen LogP contribution in [0.5, 0.6) is 0 Å². The van der Waals surface area contributed by atoms with Crippen LogP contribution in [0.3, 0.4) is 0 Å². The number of rotatable bonds is 21. The van der Waals surface area contributed by atoms with E-state index in [1.165, 1.54) is 18.8 Å². The number of hydrogen-bond acceptors (Lipinski definition) is 6. The molecule has 204 valence electrons. The molecule has 0 unspecified atom stereocenters. The number of aliphatic carboxylic acids is 3. The fourth-order valence-electron chi connectivity index (χ4n) is 5.63. The lowest BCUT2D eigenvalue weighted by molar-refractivity contribution is -0.181. The van der Waals surface area contributed by atoms with Gasteiger partial charge in [-0.1, -0.05) is 19.7 Å². The quantitative estimate of drug-likeness (QED) is 0.137. The van der Waals surface area contributed by atoms with E-state index in [0.29, 0.717) is 58.3 Å². The Balaban J connectivity index is 3.35. The molecule has 0 amide bonds. The third-order valence-electron chi connectivity index (χ3n) is 7.25. The van der Waals surface area contributed by atoms with Crippen LogP contribution in [0.25, 0.3) is 0 Å². The fourth-order valence-corrected chi connectivity index (χ4v) is 5.63. The van der Waals surface area contributed by atoms with Gasteiger partial charge in [0.2, 0.25) is 0 Å². The van der Waals surface area contributed by atoms with E-state index in [4.69, 9.17) is 14.2 Å². The van der Waals surface area contributed by atoms with Crippen LogP contribution >= 0.6 is 0 Å². The van der Waals surface area contributed by atoms with Crippen molar-refractivity contribution in [1.29, 1.82) is 0 Å². The summed E-state index contributed by atoms with van der Waals surface area (Å²) in [5, 5.41) is 31.2. The van der Waals surface area contributed by atoms with Crippen molar-refractivity contribution in [3.8, 4) is 0 Å². The topological polar surface area (TPSA) is 140 Å². The Morgan fingerprint density at radius 2 is 0.806 bits per heavy atom. The second-order valence-corrected chi connectivity index (χ2v) is 9.77. The lowest BCUT2D eigenvalue weighted by Crippen LogP contribution is -2.55. The highest BCUT2D eigenvalue weighted by molar-refractivity contribution is 5.84.